The Labute approximate surface area is 195 Å². The minimum Gasteiger partial charge on any atom is -0.404 e. The summed E-state index contributed by atoms with van der Waals surface area (Å²) < 4.78 is 53.0. The molecule has 5 nitrogen and oxygen atoms in total. The smallest absolute Gasteiger partial charge is 0.404 e. The molecule has 2 aromatic carbocycles. The van der Waals surface area contributed by atoms with E-state index in [1.807, 2.05) is 6.92 Å². The number of amides is 1. The molecular weight excluding hydrogens is 456 g/mol. The maximum atomic E-state index is 14.8. The Bertz CT molecular complexity index is 993. The molecule has 6 N–H and O–H groups in total. The van der Waals surface area contributed by atoms with Crippen LogP contribution in [0, 0.1) is 12.7 Å². The summed E-state index contributed by atoms with van der Waals surface area (Å²) in [6.07, 6.45) is -3.06. The van der Waals surface area contributed by atoms with Gasteiger partial charge in [-0.2, -0.15) is 13.2 Å². The van der Waals surface area contributed by atoms with Crippen molar-refractivity contribution in [3.8, 4) is 0 Å². The molecule has 0 aliphatic heterocycles. The van der Waals surface area contributed by atoms with E-state index in [0.29, 0.717) is 39.7 Å². The highest BCUT2D eigenvalue weighted by molar-refractivity contribution is 8.08. The highest BCUT2D eigenvalue weighted by Gasteiger charge is 2.30. The molecule has 2 rings (SSSR count). The molecule has 0 aliphatic carbocycles. The van der Waals surface area contributed by atoms with E-state index in [0.717, 1.165) is 12.1 Å². The Kier molecular flexibility index (Phi) is 9.33. The summed E-state index contributed by atoms with van der Waals surface area (Å²) in [7, 11) is 0. The normalized spacial score (nSPS) is 14.1. The summed E-state index contributed by atoms with van der Waals surface area (Å²) >= 11 is 1.29. The van der Waals surface area contributed by atoms with Gasteiger partial charge in [-0.25, -0.2) is 4.39 Å². The number of rotatable bonds is 9. The minimum atomic E-state index is -4.38. The number of anilines is 1. The molecule has 2 unspecified atom stereocenters. The van der Waals surface area contributed by atoms with Gasteiger partial charge in [-0.15, -0.1) is 11.8 Å². The van der Waals surface area contributed by atoms with E-state index in [-0.39, 0.29) is 17.9 Å². The van der Waals surface area contributed by atoms with Crippen LogP contribution >= 0.6 is 11.8 Å². The van der Waals surface area contributed by atoms with Crippen LogP contribution in [-0.2, 0) is 11.0 Å². The van der Waals surface area contributed by atoms with Gasteiger partial charge in [0.2, 0.25) is 5.91 Å². The lowest BCUT2D eigenvalue weighted by Crippen LogP contribution is -2.37. The predicted molar refractivity (Wildman–Crippen MR) is 126 cm³/mol. The van der Waals surface area contributed by atoms with Crippen LogP contribution in [-0.4, -0.2) is 24.4 Å². The molecule has 0 fully saturated rings. The van der Waals surface area contributed by atoms with E-state index in [9.17, 15) is 22.4 Å². The number of hydrogen-bond acceptors (Lipinski definition) is 5. The first-order chi connectivity index (χ1) is 15.5. The fourth-order valence-electron chi connectivity index (χ4n) is 3.17. The molecule has 33 heavy (non-hydrogen) atoms. The van der Waals surface area contributed by atoms with Crippen LogP contribution in [0.5, 0.6) is 0 Å². The minimum absolute atomic E-state index is 0.171. The van der Waals surface area contributed by atoms with Gasteiger partial charge in [0.15, 0.2) is 0 Å². The van der Waals surface area contributed by atoms with Crippen molar-refractivity contribution < 1.29 is 22.4 Å². The third kappa shape index (κ3) is 7.21. The van der Waals surface area contributed by atoms with Gasteiger partial charge >= 0.3 is 6.18 Å². The molecule has 0 aromatic heterocycles. The van der Waals surface area contributed by atoms with Crippen LogP contribution in [0.25, 0.3) is 4.91 Å². The van der Waals surface area contributed by atoms with Crippen molar-refractivity contribution in [1.82, 2.24) is 5.32 Å². The molecule has 10 heteroatoms. The summed E-state index contributed by atoms with van der Waals surface area (Å²) in [4.78, 5) is 11.8. The highest BCUT2D eigenvalue weighted by atomic mass is 32.2. The van der Waals surface area contributed by atoms with Crippen molar-refractivity contribution in [3.63, 3.8) is 0 Å². The lowest BCUT2D eigenvalue weighted by atomic mass is 9.93. The van der Waals surface area contributed by atoms with Crippen LogP contribution < -0.4 is 22.1 Å². The molecule has 0 saturated heterocycles. The summed E-state index contributed by atoms with van der Waals surface area (Å²) in [5.74, 6) is -0.545. The molecule has 2 aromatic rings. The SMILES string of the molecule is CC(=O)Nc1ccc(/C(=C/N)SCNCC(N)C(C)c2ccc(C(F)(F)F)cc2)c(F)c1C. The Morgan fingerprint density at radius 1 is 1.18 bits per heavy atom. The first kappa shape index (κ1) is 26.7. The lowest BCUT2D eigenvalue weighted by Gasteiger charge is -2.21. The second-order valence-corrected chi connectivity index (χ2v) is 8.64. The quantitative estimate of drug-likeness (QED) is 0.234. The van der Waals surface area contributed by atoms with Crippen LogP contribution in [0.4, 0.5) is 23.2 Å². The molecular formula is C23H28F4N4OS. The van der Waals surface area contributed by atoms with E-state index < -0.39 is 17.6 Å². The van der Waals surface area contributed by atoms with E-state index in [1.165, 1.54) is 37.0 Å². The largest absolute Gasteiger partial charge is 0.416 e. The predicted octanol–water partition coefficient (Wildman–Crippen LogP) is 4.78. The Balaban J connectivity index is 1.92. The Morgan fingerprint density at radius 3 is 2.36 bits per heavy atom. The van der Waals surface area contributed by atoms with Gasteiger partial charge in [0, 0.05) is 53.3 Å². The maximum absolute atomic E-state index is 14.8. The van der Waals surface area contributed by atoms with Crippen molar-refractivity contribution >= 4 is 28.3 Å². The summed E-state index contributed by atoms with van der Waals surface area (Å²) in [5.41, 5.74) is 12.9. The van der Waals surface area contributed by atoms with Crippen molar-refractivity contribution in [2.45, 2.75) is 38.9 Å². The number of nitrogens with one attached hydrogen (secondary N) is 2. The topological polar surface area (TPSA) is 93.2 Å². The average Bonchev–Trinajstić information content (AvgIpc) is 2.76. The van der Waals surface area contributed by atoms with E-state index >= 15 is 0 Å². The van der Waals surface area contributed by atoms with Gasteiger partial charge in [0.05, 0.1) is 5.56 Å². The van der Waals surface area contributed by atoms with Crippen LogP contribution in [0.15, 0.2) is 42.6 Å². The molecule has 180 valence electrons. The number of nitrogens with two attached hydrogens (primary N) is 2. The van der Waals surface area contributed by atoms with Crippen molar-refractivity contribution in [2.75, 3.05) is 17.7 Å². The zero-order valence-corrected chi connectivity index (χ0v) is 19.4. The second-order valence-electron chi connectivity index (χ2n) is 7.63. The van der Waals surface area contributed by atoms with E-state index in [4.69, 9.17) is 11.5 Å². The van der Waals surface area contributed by atoms with Gasteiger partial charge in [-0.3, -0.25) is 4.79 Å². The number of hydrogen-bond donors (Lipinski definition) is 4. The molecule has 0 aliphatic rings. The van der Waals surface area contributed by atoms with Crippen molar-refractivity contribution in [3.05, 3.63) is 70.7 Å². The number of alkyl halides is 3. The number of thioether (sulfide) groups is 1. The van der Waals surface area contributed by atoms with Gasteiger partial charge in [0.1, 0.15) is 5.82 Å². The summed E-state index contributed by atoms with van der Waals surface area (Å²) in [6.45, 7) is 5.17. The van der Waals surface area contributed by atoms with Crippen LogP contribution in [0.2, 0.25) is 0 Å². The molecule has 0 spiro atoms. The third-order valence-corrected chi connectivity index (χ3v) is 6.25. The Hall–Kier alpha value is -2.56. The zero-order chi connectivity index (χ0) is 24.8. The number of carbonyl (C=O) groups is 1. The molecule has 0 heterocycles. The molecule has 0 radical (unpaired) electrons. The standard InChI is InChI=1S/C23H28F4N4OS/c1-13(16-4-6-17(7-5-16)23(25,26)27)19(29)11-30-12-33-21(10-28)18-8-9-20(31-15(3)32)14(2)22(18)24/h4-10,13,19,30H,11-12,28-29H2,1-3H3,(H,31,32)/b21-10-. The fourth-order valence-corrected chi connectivity index (χ4v) is 3.95. The van der Waals surface area contributed by atoms with E-state index in [1.54, 1.807) is 19.1 Å². The highest BCUT2D eigenvalue weighted by Crippen LogP contribution is 2.32. The van der Waals surface area contributed by atoms with Gasteiger partial charge in [-0.05, 0) is 42.7 Å². The van der Waals surface area contributed by atoms with Crippen molar-refractivity contribution in [2.24, 2.45) is 11.5 Å². The number of benzene rings is 2. The van der Waals surface area contributed by atoms with Gasteiger partial charge < -0.3 is 22.1 Å². The number of halogens is 4. The van der Waals surface area contributed by atoms with Gasteiger partial charge in [-0.1, -0.05) is 19.1 Å². The first-order valence-corrected chi connectivity index (χ1v) is 11.2. The molecule has 0 bridgehead atoms. The monoisotopic (exact) mass is 484 g/mol. The molecule has 1 amide bonds. The summed E-state index contributed by atoms with van der Waals surface area (Å²) in [5, 5.41) is 5.74. The maximum Gasteiger partial charge on any atom is 0.416 e. The van der Waals surface area contributed by atoms with Gasteiger partial charge in [0.25, 0.3) is 0 Å². The average molecular weight is 485 g/mol. The van der Waals surface area contributed by atoms with Crippen LogP contribution in [0.3, 0.4) is 0 Å². The zero-order valence-electron chi connectivity index (χ0n) is 18.6. The van der Waals surface area contributed by atoms with Crippen LogP contribution in [0.1, 0.15) is 42.0 Å². The Morgan fingerprint density at radius 2 is 1.82 bits per heavy atom. The van der Waals surface area contributed by atoms with E-state index in [2.05, 4.69) is 10.6 Å². The molecule has 0 saturated carbocycles. The molecule has 2 atom stereocenters. The summed E-state index contributed by atoms with van der Waals surface area (Å²) in [6, 6.07) is 7.80. The van der Waals surface area contributed by atoms with Crippen molar-refractivity contribution in [1.29, 1.82) is 0 Å². The third-order valence-electron chi connectivity index (χ3n) is 5.23. The number of carbonyl (C=O) groups excluding carboxylic acids is 1. The lowest BCUT2D eigenvalue weighted by molar-refractivity contribution is -0.137. The first-order valence-electron chi connectivity index (χ1n) is 10.2. The fraction of sp³-hybridized carbons (Fsp3) is 0.348. The second kappa shape index (κ2) is 11.5.